The zero-order valence-electron chi connectivity index (χ0n) is 31.9. The summed E-state index contributed by atoms with van der Waals surface area (Å²) in [7, 11) is 0. The second-order valence-corrected chi connectivity index (χ2v) is 16.9. The van der Waals surface area contributed by atoms with Gasteiger partial charge in [-0.05, 0) is 67.8 Å². The van der Waals surface area contributed by atoms with E-state index in [9.17, 15) is 0 Å². The third kappa shape index (κ3) is 9.62. The molecule has 2 aromatic rings. The summed E-state index contributed by atoms with van der Waals surface area (Å²) in [5.74, 6) is 0. The number of piperazine rings is 2. The van der Waals surface area contributed by atoms with E-state index in [-0.39, 0.29) is 48.0 Å². The number of anilines is 1. The van der Waals surface area contributed by atoms with Crippen LogP contribution in [0.15, 0.2) is 72.8 Å². The number of fused-ring (bicyclic) bond motifs is 4. The van der Waals surface area contributed by atoms with Gasteiger partial charge in [-0.3, -0.25) is 9.80 Å². The zero-order valence-corrected chi connectivity index (χ0v) is 37.9. The molecule has 11 heteroatoms. The molecule has 4 aliphatic heterocycles. The van der Waals surface area contributed by atoms with Gasteiger partial charge in [0.05, 0.1) is 67.8 Å². The number of hydrogen-bond donors (Lipinski definition) is 0. The Hall–Kier alpha value is -2.30. The molecule has 0 spiro atoms. The smallest absolute Gasteiger partial charge is 0.201 e. The van der Waals surface area contributed by atoms with Crippen LogP contribution in [0.4, 0.5) is 5.69 Å². The van der Waals surface area contributed by atoms with E-state index in [0.717, 1.165) is 101 Å². The first-order chi connectivity index (χ1) is 25.5. The molecule has 4 heterocycles. The number of aromatic nitrogens is 2. The Morgan fingerprint density at radius 2 is 1.09 bits per heavy atom. The molecule has 0 saturated carbocycles. The molecule has 0 atom stereocenters. The molecule has 2 aromatic carbocycles. The van der Waals surface area contributed by atoms with Crippen molar-refractivity contribution < 1.29 is 48.0 Å². The number of nitrogens with zero attached hydrogens (tertiary/aromatic N) is 7. The van der Waals surface area contributed by atoms with Crippen LogP contribution in [0.1, 0.15) is 45.1 Å². The lowest BCUT2D eigenvalue weighted by molar-refractivity contribution is -0.00100. The highest BCUT2D eigenvalue weighted by Gasteiger charge is 2.24. The predicted octanol–water partition coefficient (Wildman–Crippen LogP) is 0.714. The molecule has 8 rings (SSSR count). The van der Waals surface area contributed by atoms with Gasteiger partial charge in [0.2, 0.25) is 10.7 Å². The number of rotatable bonds is 10. The fourth-order valence-electron chi connectivity index (χ4n) is 7.72. The summed E-state index contributed by atoms with van der Waals surface area (Å²) in [5, 5.41) is 2.66. The van der Waals surface area contributed by atoms with E-state index in [0.29, 0.717) is 0 Å². The summed E-state index contributed by atoms with van der Waals surface area (Å²) in [6.07, 6.45) is 4.92. The topological polar surface area (TPSA) is 41.5 Å². The van der Waals surface area contributed by atoms with Gasteiger partial charge in [-0.1, -0.05) is 32.8 Å². The monoisotopic (exact) mass is 985 g/mol. The van der Waals surface area contributed by atoms with Crippen molar-refractivity contribution in [2.75, 3.05) is 83.4 Å². The fourth-order valence-corrected chi connectivity index (χ4v) is 9.85. The van der Waals surface area contributed by atoms with E-state index in [1.54, 1.807) is 0 Å². The molecule has 0 N–H and O–H groups in total. The first-order valence-electron chi connectivity index (χ1n) is 19.5. The largest absolute Gasteiger partial charge is 1.00 e. The summed E-state index contributed by atoms with van der Waals surface area (Å²) in [5.41, 5.74) is 7.02. The zero-order chi connectivity index (χ0) is 35.4. The number of aryl methyl sites for hydroxylation is 1. The number of hydrogen-bond acceptors (Lipinski definition) is 7. The van der Waals surface area contributed by atoms with Gasteiger partial charge in [0, 0.05) is 56.1 Å². The Kier molecular flexibility index (Phi) is 14.7. The quantitative estimate of drug-likeness (QED) is 0.115. The van der Waals surface area contributed by atoms with Crippen LogP contribution in [0.5, 0.6) is 0 Å². The number of halogens is 2. The average Bonchev–Trinajstić information content (AvgIpc) is 3.18. The van der Waals surface area contributed by atoms with Crippen LogP contribution in [0.25, 0.3) is 41.6 Å². The Labute approximate surface area is 362 Å². The van der Waals surface area contributed by atoms with Crippen LogP contribution in [0.3, 0.4) is 0 Å². The van der Waals surface area contributed by atoms with Gasteiger partial charge < -0.3 is 52.9 Å². The van der Waals surface area contributed by atoms with Gasteiger partial charge in [-0.15, -0.1) is 22.7 Å². The first-order valence-corrected chi connectivity index (χ1v) is 21.2. The SMILES string of the molecule is CCCCN(CCCC)c1ccc2nc3ccc(=[N+]4CCN(CCN5CC[N+](=c6ccc7nc8ccc(C)cc8sc-7c6)CC5)CC4)cc-3sc2c1.[I-].[I-]. The molecule has 286 valence electrons. The summed E-state index contributed by atoms with van der Waals surface area (Å²) >= 11 is 3.76. The molecule has 0 unspecified atom stereocenters. The molecular formula is C43H53I2N7S2. The maximum Gasteiger partial charge on any atom is 0.201 e. The molecule has 0 radical (unpaired) electrons. The highest BCUT2D eigenvalue weighted by atomic mass is 127. The molecule has 54 heavy (non-hydrogen) atoms. The van der Waals surface area contributed by atoms with Crippen molar-refractivity contribution in [3.8, 4) is 21.1 Å². The maximum atomic E-state index is 5.07. The molecule has 2 aliphatic carbocycles. The van der Waals surface area contributed by atoms with Crippen molar-refractivity contribution in [3.63, 3.8) is 0 Å². The molecule has 6 aliphatic rings. The van der Waals surface area contributed by atoms with Gasteiger partial charge >= 0.3 is 0 Å². The van der Waals surface area contributed by atoms with E-state index in [2.05, 4.69) is 117 Å². The Balaban J connectivity index is 0.00000249. The van der Waals surface area contributed by atoms with Crippen LogP contribution in [0.2, 0.25) is 0 Å². The molecule has 0 aromatic heterocycles. The molecule has 0 amide bonds. The second-order valence-electron chi connectivity index (χ2n) is 14.7. The van der Waals surface area contributed by atoms with E-state index >= 15 is 0 Å². The minimum absolute atomic E-state index is 0. The van der Waals surface area contributed by atoms with Crippen molar-refractivity contribution in [1.82, 2.24) is 28.9 Å². The van der Waals surface area contributed by atoms with Gasteiger partial charge in [0.15, 0.2) is 26.2 Å². The van der Waals surface area contributed by atoms with Crippen LogP contribution in [-0.4, -0.2) is 98.3 Å². The normalized spacial score (nSPS) is 15.5. The predicted molar refractivity (Wildman–Crippen MR) is 222 cm³/mol. The molecular weight excluding hydrogens is 932 g/mol. The minimum atomic E-state index is 0. The van der Waals surface area contributed by atoms with Crippen LogP contribution in [0, 0.1) is 6.92 Å². The summed E-state index contributed by atoms with van der Waals surface area (Å²) in [6, 6.07) is 27.2. The van der Waals surface area contributed by atoms with Gasteiger partial charge in [-0.2, -0.15) is 0 Å². The number of benzene rings is 4. The minimum Gasteiger partial charge on any atom is -1.00 e. The summed E-state index contributed by atoms with van der Waals surface area (Å²) < 4.78 is 7.67. The Morgan fingerprint density at radius 3 is 1.59 bits per heavy atom. The van der Waals surface area contributed by atoms with Crippen molar-refractivity contribution in [3.05, 3.63) is 89.1 Å². The molecule has 7 nitrogen and oxygen atoms in total. The van der Waals surface area contributed by atoms with E-state index < -0.39 is 0 Å². The van der Waals surface area contributed by atoms with Crippen molar-refractivity contribution in [1.29, 1.82) is 0 Å². The average molecular weight is 986 g/mol. The Bertz CT molecular complexity index is 2240. The van der Waals surface area contributed by atoms with E-state index in [1.807, 2.05) is 22.7 Å². The fraction of sp³-hybridized carbons (Fsp3) is 0.442. The lowest BCUT2D eigenvalue weighted by atomic mass is 10.2. The second kappa shape index (κ2) is 19.2. The molecule has 2 fully saturated rings. The van der Waals surface area contributed by atoms with Gasteiger partial charge in [-0.25, -0.2) is 19.1 Å². The highest BCUT2D eigenvalue weighted by molar-refractivity contribution is 7.21. The highest BCUT2D eigenvalue weighted by Crippen LogP contribution is 2.32. The third-order valence-electron chi connectivity index (χ3n) is 11.0. The van der Waals surface area contributed by atoms with Crippen LogP contribution in [-0.2, 0) is 0 Å². The lowest BCUT2D eigenvalue weighted by Crippen LogP contribution is -3.00. The van der Waals surface area contributed by atoms with E-state index in [4.69, 9.17) is 9.97 Å². The van der Waals surface area contributed by atoms with Gasteiger partial charge in [0.25, 0.3) is 0 Å². The van der Waals surface area contributed by atoms with Crippen molar-refractivity contribution in [2.24, 2.45) is 0 Å². The third-order valence-corrected chi connectivity index (χ3v) is 13.2. The van der Waals surface area contributed by atoms with Crippen LogP contribution >= 0.6 is 22.7 Å². The first kappa shape index (κ1) is 41.3. The lowest BCUT2D eigenvalue weighted by Gasteiger charge is -2.30. The number of unbranched alkanes of at least 4 members (excludes halogenated alkanes) is 2. The standard InChI is InChI=1S/C43H53N7S2.2HI/c1-4-6-16-48(17-7-5-2)33-9-13-38-42(29-33)52-43-31-35(11-15-39(43)45-38)50-26-22-47(23-27-50)19-18-46-20-24-49(25-21-46)34-10-14-37-41(30-34)51-40-28-32(3)8-12-36(40)44-37;;/h8-15,28-31H,4-7,16-27H2,1-3H3;2*1H/q+2;;/p-2. The summed E-state index contributed by atoms with van der Waals surface area (Å²) in [6.45, 7) is 20.1. The summed E-state index contributed by atoms with van der Waals surface area (Å²) in [4.78, 5) is 20.4. The van der Waals surface area contributed by atoms with Crippen molar-refractivity contribution >= 4 is 48.8 Å². The van der Waals surface area contributed by atoms with Crippen LogP contribution < -0.4 is 72.7 Å². The van der Waals surface area contributed by atoms with Gasteiger partial charge in [0.1, 0.15) is 0 Å². The van der Waals surface area contributed by atoms with E-state index in [1.165, 1.54) is 66.8 Å². The van der Waals surface area contributed by atoms with Crippen molar-refractivity contribution in [2.45, 2.75) is 46.5 Å². The Morgan fingerprint density at radius 1 is 0.611 bits per heavy atom. The molecule has 2 saturated heterocycles. The maximum absolute atomic E-state index is 5.07. The molecule has 0 bridgehead atoms.